The number of amides is 1. The van der Waals surface area contributed by atoms with E-state index in [0.29, 0.717) is 73.6 Å². The van der Waals surface area contributed by atoms with Crippen molar-refractivity contribution in [2.75, 3.05) is 53.4 Å². The maximum absolute atomic E-state index is 12.5. The van der Waals surface area contributed by atoms with Crippen molar-refractivity contribution in [1.82, 2.24) is 10.2 Å². The maximum Gasteiger partial charge on any atom is 0.410 e. The van der Waals surface area contributed by atoms with E-state index < -0.39 is 11.2 Å². The van der Waals surface area contributed by atoms with Gasteiger partial charge >= 0.3 is 6.09 Å². The molecular weight excluding hydrogens is 744 g/mol. The molecule has 0 radical (unpaired) electrons. The van der Waals surface area contributed by atoms with Crippen LogP contribution in [-0.4, -0.2) is 75.1 Å². The summed E-state index contributed by atoms with van der Waals surface area (Å²) >= 11 is 0. The first-order valence-corrected chi connectivity index (χ1v) is 19.9. The Labute approximate surface area is 337 Å². The van der Waals surface area contributed by atoms with Gasteiger partial charge in [0.1, 0.15) is 11.2 Å². The van der Waals surface area contributed by atoms with Crippen LogP contribution < -0.4 is 43.2 Å². The van der Waals surface area contributed by atoms with Gasteiger partial charge in [-0.25, -0.2) is 4.79 Å². The standard InChI is InChI=1S/C25H29NO7.C20H19NO4/c1-24(2,3)33-23(27)26-10-8-16(9-11-26)25(28,17-4-6-19-21(12-17)31-14-29-19)18-5-7-20-22(13-18)32-15-30-20;1-3-16-18(24-11-22-16)9-14(1)20(13-5-7-21-8-6-13)15-2-4-17-19(10-15)25-12-23-17/h4-7,12-13,16,28H,8-11,14-15H2,1-3H3;1-4,9-10,21H,5-8,11-12H2. The maximum atomic E-state index is 12.5. The molecule has 1 amide bonds. The monoisotopic (exact) mass is 792 g/mol. The first-order valence-electron chi connectivity index (χ1n) is 19.9. The number of carbonyl (C=O) groups excluding carboxylic acids is 1. The molecule has 4 aromatic carbocycles. The Morgan fingerprint density at radius 1 is 0.621 bits per heavy atom. The smallest absolute Gasteiger partial charge is 0.410 e. The molecule has 2 fully saturated rings. The summed E-state index contributed by atoms with van der Waals surface area (Å²) in [6, 6.07) is 23.5. The van der Waals surface area contributed by atoms with Gasteiger partial charge in [-0.2, -0.15) is 0 Å². The number of rotatable bonds is 5. The van der Waals surface area contributed by atoms with Crippen molar-refractivity contribution in [2.24, 2.45) is 5.92 Å². The highest BCUT2D eigenvalue weighted by Gasteiger charge is 2.44. The lowest BCUT2D eigenvalue weighted by atomic mass is 9.72. The predicted molar refractivity (Wildman–Crippen MR) is 212 cm³/mol. The van der Waals surface area contributed by atoms with Crippen LogP contribution in [0.15, 0.2) is 78.4 Å². The Balaban J connectivity index is 0.000000156. The van der Waals surface area contributed by atoms with Gasteiger partial charge in [0, 0.05) is 13.1 Å². The first kappa shape index (κ1) is 37.8. The SMILES string of the molecule is CC(C)(C)OC(=O)N1CCC(C(O)(c2ccc3c(c2)OCO3)c2ccc3c(c2)OCO3)CC1.c1cc2c(cc1C(=C1CCNCC1)c1ccc3c(c1)OCO3)OCO2. The number of fused-ring (bicyclic) bond motifs is 4. The van der Waals surface area contributed by atoms with E-state index in [1.807, 2.05) is 69.3 Å². The van der Waals surface area contributed by atoms with Crippen LogP contribution in [0.4, 0.5) is 4.79 Å². The number of nitrogens with one attached hydrogen (secondary N) is 1. The van der Waals surface area contributed by atoms with E-state index in [1.54, 1.807) is 4.90 Å². The number of aliphatic hydroxyl groups is 1. The van der Waals surface area contributed by atoms with E-state index in [4.69, 9.17) is 42.6 Å². The molecule has 0 aliphatic carbocycles. The Morgan fingerprint density at radius 2 is 1.03 bits per heavy atom. The quantitative estimate of drug-likeness (QED) is 0.209. The lowest BCUT2D eigenvalue weighted by Gasteiger charge is -2.42. The molecule has 2 N–H and O–H groups in total. The molecule has 0 atom stereocenters. The van der Waals surface area contributed by atoms with Gasteiger partial charge in [-0.05, 0) is 142 Å². The fourth-order valence-electron chi connectivity index (χ4n) is 8.37. The summed E-state index contributed by atoms with van der Waals surface area (Å²) in [6.07, 6.45) is 2.98. The first-order chi connectivity index (χ1) is 28.1. The van der Waals surface area contributed by atoms with Crippen molar-refractivity contribution < 1.29 is 52.5 Å². The van der Waals surface area contributed by atoms with Crippen molar-refractivity contribution in [3.8, 4) is 46.0 Å². The number of piperidine rings is 2. The molecule has 10 rings (SSSR count). The molecule has 2 saturated heterocycles. The number of nitrogens with zero attached hydrogens (tertiary/aromatic N) is 1. The van der Waals surface area contributed by atoms with Crippen LogP contribution in [0.3, 0.4) is 0 Å². The number of hydrogen-bond donors (Lipinski definition) is 2. The Hall–Kier alpha value is -5.79. The van der Waals surface area contributed by atoms with Gasteiger partial charge in [-0.3, -0.25) is 0 Å². The van der Waals surface area contributed by atoms with Crippen LogP contribution in [0.2, 0.25) is 0 Å². The van der Waals surface area contributed by atoms with Crippen molar-refractivity contribution in [3.63, 3.8) is 0 Å². The number of carbonyl (C=O) groups is 1. The van der Waals surface area contributed by atoms with Gasteiger partial charge in [0.2, 0.25) is 27.2 Å². The molecule has 304 valence electrons. The normalized spacial score (nSPS) is 17.8. The summed E-state index contributed by atoms with van der Waals surface area (Å²) in [5, 5.41) is 15.8. The second-order valence-corrected chi connectivity index (χ2v) is 16.0. The summed E-state index contributed by atoms with van der Waals surface area (Å²) < 4.78 is 49.7. The molecule has 13 nitrogen and oxygen atoms in total. The average molecular weight is 793 g/mol. The third-order valence-corrected chi connectivity index (χ3v) is 11.2. The predicted octanol–water partition coefficient (Wildman–Crippen LogP) is 7.36. The van der Waals surface area contributed by atoms with E-state index in [9.17, 15) is 9.90 Å². The van der Waals surface area contributed by atoms with Crippen LogP contribution in [0.1, 0.15) is 68.7 Å². The van der Waals surface area contributed by atoms with Crippen LogP contribution in [-0.2, 0) is 10.3 Å². The second-order valence-electron chi connectivity index (χ2n) is 16.0. The van der Waals surface area contributed by atoms with Gasteiger partial charge in [0.15, 0.2) is 46.0 Å². The van der Waals surface area contributed by atoms with Gasteiger partial charge in [-0.1, -0.05) is 29.8 Å². The number of ether oxygens (including phenoxy) is 9. The summed E-state index contributed by atoms with van der Waals surface area (Å²) in [5.74, 6) is 5.63. The molecule has 0 saturated carbocycles. The molecule has 6 aliphatic heterocycles. The van der Waals surface area contributed by atoms with Crippen molar-refractivity contribution in [3.05, 3.63) is 101 Å². The summed E-state index contributed by atoms with van der Waals surface area (Å²) in [5.41, 5.74) is 4.58. The van der Waals surface area contributed by atoms with E-state index in [-0.39, 0.29) is 25.6 Å². The van der Waals surface area contributed by atoms with Crippen molar-refractivity contribution in [2.45, 2.75) is 57.7 Å². The lowest BCUT2D eigenvalue weighted by Crippen LogP contribution is -2.47. The molecular formula is C45H48N2O11. The molecule has 0 spiro atoms. The molecule has 6 heterocycles. The van der Waals surface area contributed by atoms with E-state index >= 15 is 0 Å². The summed E-state index contributed by atoms with van der Waals surface area (Å²) in [7, 11) is 0. The van der Waals surface area contributed by atoms with Gasteiger partial charge in [0.25, 0.3) is 0 Å². The van der Waals surface area contributed by atoms with Gasteiger partial charge in [-0.15, -0.1) is 0 Å². The largest absolute Gasteiger partial charge is 0.454 e. The molecule has 0 unspecified atom stereocenters. The average Bonchev–Trinajstić information content (AvgIpc) is 4.08. The van der Waals surface area contributed by atoms with Crippen LogP contribution in [0.25, 0.3) is 5.57 Å². The van der Waals surface area contributed by atoms with Crippen LogP contribution in [0.5, 0.6) is 46.0 Å². The minimum Gasteiger partial charge on any atom is -0.454 e. The minimum atomic E-state index is -1.32. The topological polar surface area (TPSA) is 136 Å². The van der Waals surface area contributed by atoms with Crippen molar-refractivity contribution >= 4 is 11.7 Å². The van der Waals surface area contributed by atoms with E-state index in [1.165, 1.54) is 11.1 Å². The van der Waals surface area contributed by atoms with Crippen LogP contribution in [0, 0.1) is 5.92 Å². The third kappa shape index (κ3) is 7.51. The molecule has 13 heteroatoms. The molecule has 0 aromatic heterocycles. The zero-order valence-corrected chi connectivity index (χ0v) is 33.0. The zero-order chi connectivity index (χ0) is 39.9. The van der Waals surface area contributed by atoms with E-state index in [2.05, 4.69) is 29.6 Å². The fourth-order valence-corrected chi connectivity index (χ4v) is 8.37. The number of benzene rings is 4. The number of likely N-dealkylation sites (tertiary alicyclic amines) is 1. The highest BCUT2D eigenvalue weighted by Crippen LogP contribution is 2.48. The molecule has 0 bridgehead atoms. The Morgan fingerprint density at radius 3 is 1.48 bits per heavy atom. The highest BCUT2D eigenvalue weighted by molar-refractivity contribution is 5.84. The summed E-state index contributed by atoms with van der Waals surface area (Å²) in [6.45, 7) is 9.49. The zero-order valence-electron chi connectivity index (χ0n) is 33.0. The minimum absolute atomic E-state index is 0.142. The lowest BCUT2D eigenvalue weighted by molar-refractivity contribution is -0.0239. The molecule has 4 aromatic rings. The van der Waals surface area contributed by atoms with Gasteiger partial charge < -0.3 is 58.0 Å². The van der Waals surface area contributed by atoms with Gasteiger partial charge in [0.05, 0.1) is 0 Å². The third-order valence-electron chi connectivity index (χ3n) is 11.2. The number of hydrogen-bond acceptors (Lipinski definition) is 12. The Kier molecular flexibility index (Phi) is 10.1. The van der Waals surface area contributed by atoms with Crippen LogP contribution >= 0.6 is 0 Å². The van der Waals surface area contributed by atoms with Crippen molar-refractivity contribution in [1.29, 1.82) is 0 Å². The highest BCUT2D eigenvalue weighted by atomic mass is 16.7. The molecule has 58 heavy (non-hydrogen) atoms. The second kappa shape index (κ2) is 15.5. The summed E-state index contributed by atoms with van der Waals surface area (Å²) in [4.78, 5) is 14.3. The Bertz CT molecular complexity index is 2100. The van der Waals surface area contributed by atoms with E-state index in [0.717, 1.165) is 60.1 Å². The molecule has 6 aliphatic rings. The fraction of sp³-hybridized carbons (Fsp3) is 0.400.